The number of ketones is 1. The van der Waals surface area contributed by atoms with Gasteiger partial charge in [-0.15, -0.1) is 23.1 Å². The lowest BCUT2D eigenvalue weighted by Crippen LogP contribution is -2.25. The number of carbonyl (C=O) groups is 2. The number of nitrogens with zero attached hydrogens (tertiary/aromatic N) is 1. The van der Waals surface area contributed by atoms with Gasteiger partial charge in [0, 0.05) is 10.9 Å². The molecular formula is C16H18N2O2S2. The first-order valence-electron chi connectivity index (χ1n) is 7.05. The van der Waals surface area contributed by atoms with E-state index in [1.54, 1.807) is 23.5 Å². The third-order valence-electron chi connectivity index (χ3n) is 2.93. The SMILES string of the molecule is CCc1nc(CNC(=O)CSCC(=O)c2ccccc2)cs1. The number of aromatic nitrogens is 1. The predicted molar refractivity (Wildman–Crippen MR) is 91.4 cm³/mol. The standard InChI is InChI=1S/C16H18N2O2S2/c1-2-16-18-13(9-22-16)8-17-15(20)11-21-10-14(19)12-6-4-3-5-7-12/h3-7,9H,2,8,10-11H2,1H3,(H,17,20). The zero-order valence-corrected chi connectivity index (χ0v) is 14.0. The van der Waals surface area contributed by atoms with Crippen molar-refractivity contribution < 1.29 is 9.59 Å². The molecule has 1 aromatic heterocycles. The summed E-state index contributed by atoms with van der Waals surface area (Å²) in [5.74, 6) is 0.569. The minimum Gasteiger partial charge on any atom is -0.350 e. The zero-order valence-electron chi connectivity index (χ0n) is 12.4. The molecule has 2 rings (SSSR count). The lowest BCUT2D eigenvalue weighted by Gasteiger charge is -2.03. The maximum atomic E-state index is 11.9. The van der Waals surface area contributed by atoms with Gasteiger partial charge in [-0.1, -0.05) is 37.3 Å². The van der Waals surface area contributed by atoms with Crippen LogP contribution in [0.4, 0.5) is 0 Å². The summed E-state index contributed by atoms with van der Waals surface area (Å²) < 4.78 is 0. The molecule has 0 aliphatic rings. The Labute approximate surface area is 138 Å². The van der Waals surface area contributed by atoms with Crippen molar-refractivity contribution >= 4 is 34.8 Å². The number of aryl methyl sites for hydroxylation is 1. The van der Waals surface area contributed by atoms with E-state index in [9.17, 15) is 9.59 Å². The van der Waals surface area contributed by atoms with E-state index in [1.165, 1.54) is 11.8 Å². The van der Waals surface area contributed by atoms with E-state index in [4.69, 9.17) is 0 Å². The Hall–Kier alpha value is -1.66. The smallest absolute Gasteiger partial charge is 0.230 e. The summed E-state index contributed by atoms with van der Waals surface area (Å²) in [4.78, 5) is 28.0. The largest absolute Gasteiger partial charge is 0.350 e. The molecule has 0 unspecified atom stereocenters. The molecule has 116 valence electrons. The minimum atomic E-state index is -0.0723. The Balaban J connectivity index is 1.66. The fourth-order valence-corrected chi connectivity index (χ4v) is 3.26. The van der Waals surface area contributed by atoms with Crippen LogP contribution in [0.25, 0.3) is 0 Å². The Kier molecular flexibility index (Phi) is 6.61. The van der Waals surface area contributed by atoms with Gasteiger partial charge in [-0.2, -0.15) is 0 Å². The molecule has 0 atom stereocenters. The van der Waals surface area contributed by atoms with E-state index in [0.717, 1.165) is 17.1 Å². The van der Waals surface area contributed by atoms with E-state index in [2.05, 4.69) is 17.2 Å². The lowest BCUT2D eigenvalue weighted by atomic mass is 10.2. The van der Waals surface area contributed by atoms with E-state index < -0.39 is 0 Å². The highest BCUT2D eigenvalue weighted by molar-refractivity contribution is 8.00. The Morgan fingerprint density at radius 3 is 2.68 bits per heavy atom. The second kappa shape index (κ2) is 8.70. The highest BCUT2D eigenvalue weighted by Crippen LogP contribution is 2.10. The number of hydrogen-bond donors (Lipinski definition) is 1. The van der Waals surface area contributed by atoms with Crippen LogP contribution in [0.3, 0.4) is 0 Å². The summed E-state index contributed by atoms with van der Waals surface area (Å²) in [7, 11) is 0. The first kappa shape index (κ1) is 16.7. The molecule has 0 aliphatic heterocycles. The highest BCUT2D eigenvalue weighted by atomic mass is 32.2. The minimum absolute atomic E-state index is 0.0467. The van der Waals surface area contributed by atoms with Crippen molar-refractivity contribution in [3.8, 4) is 0 Å². The molecule has 6 heteroatoms. The number of benzene rings is 1. The number of carbonyl (C=O) groups excluding carboxylic acids is 2. The Bertz CT molecular complexity index is 626. The molecule has 0 radical (unpaired) electrons. The van der Waals surface area contributed by atoms with E-state index in [0.29, 0.717) is 17.9 Å². The quantitative estimate of drug-likeness (QED) is 0.754. The molecule has 22 heavy (non-hydrogen) atoms. The second-order valence-corrected chi connectivity index (χ2v) is 6.57. The maximum absolute atomic E-state index is 11.9. The summed E-state index contributed by atoms with van der Waals surface area (Å²) in [6.45, 7) is 2.50. The van der Waals surface area contributed by atoms with Crippen molar-refractivity contribution in [1.29, 1.82) is 0 Å². The number of thiazole rings is 1. The van der Waals surface area contributed by atoms with Crippen molar-refractivity contribution in [2.24, 2.45) is 0 Å². The Morgan fingerprint density at radius 1 is 1.23 bits per heavy atom. The number of thioether (sulfide) groups is 1. The van der Waals surface area contributed by atoms with E-state index in [1.807, 2.05) is 23.6 Å². The van der Waals surface area contributed by atoms with Crippen LogP contribution in [0.2, 0.25) is 0 Å². The summed E-state index contributed by atoms with van der Waals surface area (Å²) in [5, 5.41) is 5.86. The molecule has 0 fully saturated rings. The third-order valence-corrected chi connectivity index (χ3v) is 4.91. The van der Waals surface area contributed by atoms with Crippen molar-refractivity contribution in [3.05, 3.63) is 52.0 Å². The van der Waals surface area contributed by atoms with Crippen LogP contribution in [0.1, 0.15) is 28.0 Å². The molecule has 0 spiro atoms. The number of rotatable bonds is 8. The van der Waals surface area contributed by atoms with Gasteiger partial charge in [-0.3, -0.25) is 9.59 Å². The van der Waals surface area contributed by atoms with Crippen LogP contribution in [0.15, 0.2) is 35.7 Å². The summed E-state index contributed by atoms with van der Waals surface area (Å²) in [5.41, 5.74) is 1.57. The van der Waals surface area contributed by atoms with Gasteiger partial charge < -0.3 is 5.32 Å². The van der Waals surface area contributed by atoms with E-state index >= 15 is 0 Å². The van der Waals surface area contributed by atoms with Gasteiger partial charge in [0.25, 0.3) is 0 Å². The van der Waals surface area contributed by atoms with Crippen LogP contribution in [-0.2, 0) is 17.8 Å². The van der Waals surface area contributed by atoms with Crippen LogP contribution in [0.5, 0.6) is 0 Å². The third kappa shape index (κ3) is 5.27. The van der Waals surface area contributed by atoms with Crippen molar-refractivity contribution in [1.82, 2.24) is 10.3 Å². The van der Waals surface area contributed by atoms with Crippen molar-refractivity contribution in [2.75, 3.05) is 11.5 Å². The van der Waals surface area contributed by atoms with Gasteiger partial charge in [-0.25, -0.2) is 4.98 Å². The number of hydrogen-bond acceptors (Lipinski definition) is 5. The first-order chi connectivity index (χ1) is 10.7. The maximum Gasteiger partial charge on any atom is 0.230 e. The van der Waals surface area contributed by atoms with Gasteiger partial charge >= 0.3 is 0 Å². The molecule has 0 bridgehead atoms. The summed E-state index contributed by atoms with van der Waals surface area (Å²) >= 11 is 2.94. The second-order valence-electron chi connectivity index (χ2n) is 4.64. The molecule has 1 amide bonds. The van der Waals surface area contributed by atoms with Crippen molar-refractivity contribution in [3.63, 3.8) is 0 Å². The topological polar surface area (TPSA) is 59.1 Å². The average Bonchev–Trinajstić information content (AvgIpc) is 3.02. The molecule has 0 saturated heterocycles. The molecule has 1 heterocycles. The van der Waals surface area contributed by atoms with Crippen LogP contribution in [-0.4, -0.2) is 28.2 Å². The predicted octanol–water partition coefficient (Wildman–Crippen LogP) is 2.94. The van der Waals surface area contributed by atoms with Crippen LogP contribution < -0.4 is 5.32 Å². The van der Waals surface area contributed by atoms with Gasteiger partial charge in [0.2, 0.25) is 5.91 Å². The fourth-order valence-electron chi connectivity index (χ4n) is 1.78. The van der Waals surface area contributed by atoms with Crippen LogP contribution in [0, 0.1) is 0 Å². The summed E-state index contributed by atoms with van der Waals surface area (Å²) in [6.07, 6.45) is 0.913. The zero-order chi connectivity index (χ0) is 15.8. The van der Waals surface area contributed by atoms with Gasteiger partial charge in [0.1, 0.15) is 0 Å². The lowest BCUT2D eigenvalue weighted by molar-refractivity contribution is -0.118. The monoisotopic (exact) mass is 334 g/mol. The molecule has 1 N–H and O–H groups in total. The highest BCUT2D eigenvalue weighted by Gasteiger charge is 2.08. The van der Waals surface area contributed by atoms with Gasteiger partial charge in [0.05, 0.1) is 28.8 Å². The molecule has 2 aromatic rings. The normalized spacial score (nSPS) is 10.4. The van der Waals surface area contributed by atoms with Crippen LogP contribution >= 0.6 is 23.1 Å². The number of amides is 1. The molecule has 0 saturated carbocycles. The average molecular weight is 334 g/mol. The number of nitrogens with one attached hydrogen (secondary N) is 1. The number of Topliss-reactive ketones (excluding diaryl/α,β-unsaturated/α-hetero) is 1. The Morgan fingerprint density at radius 2 is 2.00 bits per heavy atom. The van der Waals surface area contributed by atoms with E-state index in [-0.39, 0.29) is 17.4 Å². The molecule has 0 aliphatic carbocycles. The van der Waals surface area contributed by atoms with Gasteiger partial charge in [-0.05, 0) is 6.42 Å². The van der Waals surface area contributed by atoms with Crippen molar-refractivity contribution in [2.45, 2.75) is 19.9 Å². The molecular weight excluding hydrogens is 316 g/mol. The fraction of sp³-hybridized carbons (Fsp3) is 0.312. The molecule has 1 aromatic carbocycles. The summed E-state index contributed by atoms with van der Waals surface area (Å²) in [6, 6.07) is 9.12. The molecule has 4 nitrogen and oxygen atoms in total. The van der Waals surface area contributed by atoms with Gasteiger partial charge in [0.15, 0.2) is 5.78 Å². The first-order valence-corrected chi connectivity index (χ1v) is 9.08.